The van der Waals surface area contributed by atoms with E-state index in [4.69, 9.17) is 4.74 Å². The molecule has 0 radical (unpaired) electrons. The van der Waals surface area contributed by atoms with E-state index in [-0.39, 0.29) is 29.8 Å². The van der Waals surface area contributed by atoms with Gasteiger partial charge in [-0.1, -0.05) is 13.0 Å². The van der Waals surface area contributed by atoms with Crippen molar-refractivity contribution in [3.05, 3.63) is 35.1 Å². The predicted molar refractivity (Wildman–Crippen MR) is 109 cm³/mol. The predicted octanol–water partition coefficient (Wildman–Crippen LogP) is 3.34. The molecule has 0 bridgehead atoms. The van der Waals surface area contributed by atoms with Crippen molar-refractivity contribution in [1.82, 2.24) is 15.1 Å². The lowest BCUT2D eigenvalue weighted by Crippen LogP contribution is -2.56. The Hall–Kier alpha value is -2.15. The molecule has 1 aromatic carbocycles. The number of hydrogen-bond acceptors (Lipinski definition) is 3. The summed E-state index contributed by atoms with van der Waals surface area (Å²) in [5.41, 5.74) is 0.916. The fraction of sp³-hybridized carbons (Fsp3) is 0.636. The molecule has 0 saturated carbocycles. The van der Waals surface area contributed by atoms with Crippen LogP contribution in [0.25, 0.3) is 0 Å². The first-order chi connectivity index (χ1) is 14.0. The molecule has 29 heavy (non-hydrogen) atoms. The van der Waals surface area contributed by atoms with E-state index in [0.29, 0.717) is 44.0 Å². The van der Waals surface area contributed by atoms with E-state index in [2.05, 4.69) is 5.32 Å². The summed E-state index contributed by atoms with van der Waals surface area (Å²) in [6.45, 7) is 6.88. The first kappa shape index (κ1) is 21.6. The molecule has 3 amide bonds. The summed E-state index contributed by atoms with van der Waals surface area (Å²) >= 11 is 0. The van der Waals surface area contributed by atoms with E-state index in [9.17, 15) is 14.0 Å². The van der Waals surface area contributed by atoms with E-state index >= 15 is 0 Å². The smallest absolute Gasteiger partial charge is 0.317 e. The number of carbonyl (C=O) groups is 2. The first-order valence-electron chi connectivity index (χ1n) is 10.7. The van der Waals surface area contributed by atoms with Gasteiger partial charge in [0.15, 0.2) is 0 Å². The van der Waals surface area contributed by atoms with Gasteiger partial charge in [0.25, 0.3) is 5.91 Å². The van der Waals surface area contributed by atoms with Gasteiger partial charge in [0.05, 0.1) is 0 Å². The van der Waals surface area contributed by atoms with Crippen molar-refractivity contribution >= 4 is 11.9 Å². The van der Waals surface area contributed by atoms with Crippen molar-refractivity contribution in [2.24, 2.45) is 0 Å². The molecular formula is C22H32FN3O3. The number of benzene rings is 1. The topological polar surface area (TPSA) is 61.9 Å². The number of halogens is 1. The Bertz CT molecular complexity index is 713. The fourth-order valence-corrected chi connectivity index (χ4v) is 4.17. The molecule has 2 aliphatic heterocycles. The van der Waals surface area contributed by atoms with E-state index in [0.717, 1.165) is 32.1 Å². The van der Waals surface area contributed by atoms with Crippen LogP contribution in [0.3, 0.4) is 0 Å². The molecule has 2 heterocycles. The van der Waals surface area contributed by atoms with Crippen LogP contribution in [0.4, 0.5) is 9.18 Å². The van der Waals surface area contributed by atoms with Crippen LogP contribution in [0.15, 0.2) is 18.2 Å². The van der Waals surface area contributed by atoms with Gasteiger partial charge in [-0.3, -0.25) is 4.79 Å². The van der Waals surface area contributed by atoms with Gasteiger partial charge in [-0.25, -0.2) is 9.18 Å². The second-order valence-corrected chi connectivity index (χ2v) is 7.97. The molecular weight excluding hydrogens is 373 g/mol. The number of ether oxygens (including phenoxy) is 1. The van der Waals surface area contributed by atoms with E-state index in [1.165, 1.54) is 6.07 Å². The Labute approximate surface area is 172 Å². The number of piperidine rings is 1. The van der Waals surface area contributed by atoms with Gasteiger partial charge < -0.3 is 19.9 Å². The number of amides is 3. The summed E-state index contributed by atoms with van der Waals surface area (Å²) < 4.78 is 19.3. The van der Waals surface area contributed by atoms with Crippen molar-refractivity contribution in [3.63, 3.8) is 0 Å². The highest BCUT2D eigenvalue weighted by Crippen LogP contribution is 2.25. The Balaban J connectivity index is 1.64. The van der Waals surface area contributed by atoms with E-state index in [1.807, 2.05) is 11.8 Å². The highest BCUT2D eigenvalue weighted by atomic mass is 19.1. The maximum Gasteiger partial charge on any atom is 0.317 e. The van der Waals surface area contributed by atoms with Crippen LogP contribution in [-0.2, 0) is 4.74 Å². The van der Waals surface area contributed by atoms with Gasteiger partial charge in [-0.15, -0.1) is 0 Å². The van der Waals surface area contributed by atoms with Crippen LogP contribution in [0.5, 0.6) is 0 Å². The maximum atomic E-state index is 13.8. The van der Waals surface area contributed by atoms with Crippen LogP contribution in [0.2, 0.25) is 0 Å². The van der Waals surface area contributed by atoms with Crippen molar-refractivity contribution in [1.29, 1.82) is 0 Å². The zero-order chi connectivity index (χ0) is 20.8. The summed E-state index contributed by atoms with van der Waals surface area (Å²) in [5.74, 6) is -0.501. The number of nitrogens with zero attached hydrogens (tertiary/aromatic N) is 2. The molecule has 1 N–H and O–H groups in total. The third-order valence-electron chi connectivity index (χ3n) is 5.91. The van der Waals surface area contributed by atoms with Crippen LogP contribution in [0, 0.1) is 12.7 Å². The molecule has 7 heteroatoms. The second-order valence-electron chi connectivity index (χ2n) is 7.97. The lowest BCUT2D eigenvalue weighted by atomic mass is 9.97. The SMILES string of the molecule is CCCNC(=O)N(C1CCOCC1)C1CCN(C(=O)c2ccc(C)c(F)c2)CC1. The maximum absolute atomic E-state index is 13.8. The first-order valence-corrected chi connectivity index (χ1v) is 10.7. The Morgan fingerprint density at radius 3 is 2.45 bits per heavy atom. The zero-order valence-corrected chi connectivity index (χ0v) is 17.5. The van der Waals surface area contributed by atoms with Crippen LogP contribution in [0.1, 0.15) is 54.9 Å². The lowest BCUT2D eigenvalue weighted by Gasteiger charge is -2.43. The summed E-state index contributed by atoms with van der Waals surface area (Å²) in [4.78, 5) is 29.4. The molecule has 0 spiro atoms. The number of likely N-dealkylation sites (tertiary alicyclic amines) is 1. The van der Waals surface area contributed by atoms with Gasteiger partial charge in [0, 0.05) is 50.5 Å². The molecule has 3 rings (SSSR count). The van der Waals surface area contributed by atoms with Crippen LogP contribution in [-0.4, -0.2) is 66.7 Å². The summed E-state index contributed by atoms with van der Waals surface area (Å²) in [5, 5.41) is 3.02. The zero-order valence-electron chi connectivity index (χ0n) is 17.5. The number of rotatable bonds is 5. The van der Waals surface area contributed by atoms with Gasteiger partial charge in [0.1, 0.15) is 5.82 Å². The summed E-state index contributed by atoms with van der Waals surface area (Å²) in [6.07, 6.45) is 4.06. The van der Waals surface area contributed by atoms with E-state index in [1.54, 1.807) is 24.0 Å². The number of nitrogens with one attached hydrogen (secondary N) is 1. The Kier molecular flexibility index (Phi) is 7.47. The minimum atomic E-state index is -0.357. The largest absolute Gasteiger partial charge is 0.381 e. The number of urea groups is 1. The molecule has 2 aliphatic rings. The fourth-order valence-electron chi connectivity index (χ4n) is 4.17. The molecule has 2 saturated heterocycles. The highest BCUT2D eigenvalue weighted by molar-refractivity contribution is 5.94. The molecule has 1 aromatic rings. The molecule has 0 unspecified atom stereocenters. The van der Waals surface area contributed by atoms with Crippen molar-refractivity contribution in [2.45, 2.75) is 58.0 Å². The van der Waals surface area contributed by atoms with Crippen LogP contribution < -0.4 is 5.32 Å². The number of hydrogen-bond donors (Lipinski definition) is 1. The minimum absolute atomic E-state index is 0.0101. The monoisotopic (exact) mass is 405 g/mol. The minimum Gasteiger partial charge on any atom is -0.381 e. The van der Waals surface area contributed by atoms with Gasteiger partial charge in [0.2, 0.25) is 0 Å². The summed E-state index contributed by atoms with van der Waals surface area (Å²) in [6, 6.07) is 4.91. The third-order valence-corrected chi connectivity index (χ3v) is 5.91. The molecule has 0 aliphatic carbocycles. The summed E-state index contributed by atoms with van der Waals surface area (Å²) in [7, 11) is 0. The average Bonchev–Trinajstić information content (AvgIpc) is 2.75. The van der Waals surface area contributed by atoms with Gasteiger partial charge in [-0.2, -0.15) is 0 Å². The standard InChI is InChI=1S/C22H32FN3O3/c1-3-10-24-22(28)26(19-8-13-29-14-9-19)18-6-11-25(12-7-18)21(27)17-5-4-16(2)20(23)15-17/h4-5,15,18-19H,3,6-14H2,1-2H3,(H,24,28). The lowest BCUT2D eigenvalue weighted by molar-refractivity contribution is 0.0209. The normalized spacial score (nSPS) is 18.5. The van der Waals surface area contributed by atoms with Gasteiger partial charge in [-0.05, 0) is 56.7 Å². The third kappa shape index (κ3) is 5.26. The highest BCUT2D eigenvalue weighted by Gasteiger charge is 2.35. The molecule has 6 nitrogen and oxygen atoms in total. The van der Waals surface area contributed by atoms with Gasteiger partial charge >= 0.3 is 6.03 Å². The van der Waals surface area contributed by atoms with Crippen molar-refractivity contribution in [3.8, 4) is 0 Å². The molecule has 0 atom stereocenters. The molecule has 0 aromatic heterocycles. The number of aryl methyl sites for hydroxylation is 1. The van der Waals surface area contributed by atoms with Crippen molar-refractivity contribution in [2.75, 3.05) is 32.8 Å². The number of carbonyl (C=O) groups excluding carboxylic acids is 2. The Morgan fingerprint density at radius 2 is 1.83 bits per heavy atom. The molecule has 2 fully saturated rings. The average molecular weight is 406 g/mol. The quantitative estimate of drug-likeness (QED) is 0.817. The Morgan fingerprint density at radius 1 is 1.17 bits per heavy atom. The van der Waals surface area contributed by atoms with Crippen molar-refractivity contribution < 1.29 is 18.7 Å². The second kappa shape index (κ2) is 10.1. The molecule has 160 valence electrons. The van der Waals surface area contributed by atoms with E-state index < -0.39 is 0 Å². The van der Waals surface area contributed by atoms with Crippen LogP contribution >= 0.6 is 0 Å².